The van der Waals surface area contributed by atoms with Gasteiger partial charge in [0.1, 0.15) is 29.9 Å². The summed E-state index contributed by atoms with van der Waals surface area (Å²) in [4.78, 5) is 24.5. The van der Waals surface area contributed by atoms with Gasteiger partial charge in [-0.15, -0.1) is 0 Å². The number of anilines is 1. The molecule has 0 fully saturated rings. The second kappa shape index (κ2) is 7.72. The lowest BCUT2D eigenvalue weighted by Gasteiger charge is -2.20. The summed E-state index contributed by atoms with van der Waals surface area (Å²) in [5.41, 5.74) is 6.38. The van der Waals surface area contributed by atoms with E-state index in [1.54, 1.807) is 44.4 Å². The maximum absolute atomic E-state index is 13.6. The fraction of sp³-hybridized carbons (Fsp3) is 0.304. The van der Waals surface area contributed by atoms with Crippen LogP contribution in [0.2, 0.25) is 0 Å². The van der Waals surface area contributed by atoms with Crippen LogP contribution in [0.25, 0.3) is 33.1 Å². The number of aromatic nitrogens is 4. The van der Waals surface area contributed by atoms with Gasteiger partial charge in [0, 0.05) is 17.1 Å². The van der Waals surface area contributed by atoms with Crippen molar-refractivity contribution in [2.75, 3.05) is 5.73 Å². The first-order valence-electron chi connectivity index (χ1n) is 10.1. The predicted molar refractivity (Wildman–Crippen MR) is 118 cm³/mol. The number of aryl methyl sites for hydroxylation is 1. The molecule has 0 bridgehead atoms. The number of nitrogen functional groups attached to an aromatic ring is 1. The second-order valence-electron chi connectivity index (χ2n) is 8.72. The van der Waals surface area contributed by atoms with Crippen molar-refractivity contribution in [3.63, 3.8) is 0 Å². The van der Waals surface area contributed by atoms with Gasteiger partial charge in [-0.2, -0.15) is 13.2 Å². The van der Waals surface area contributed by atoms with Crippen LogP contribution in [0.1, 0.15) is 32.0 Å². The molecule has 0 saturated carbocycles. The number of benzene rings is 1. The molecule has 0 aliphatic rings. The Kier molecular flexibility index (Phi) is 5.26. The molecule has 172 valence electrons. The molecule has 0 aliphatic carbocycles. The summed E-state index contributed by atoms with van der Waals surface area (Å²) in [7, 11) is 0. The number of carbonyl (C=O) groups is 1. The van der Waals surface area contributed by atoms with Crippen molar-refractivity contribution in [2.24, 2.45) is 0 Å². The van der Waals surface area contributed by atoms with E-state index >= 15 is 0 Å². The highest BCUT2D eigenvalue weighted by Gasteiger charge is 2.35. The second-order valence-corrected chi connectivity index (χ2v) is 8.72. The van der Waals surface area contributed by atoms with Crippen molar-refractivity contribution in [2.45, 2.75) is 46.0 Å². The third-order valence-corrected chi connectivity index (χ3v) is 5.05. The van der Waals surface area contributed by atoms with E-state index in [9.17, 15) is 18.0 Å². The van der Waals surface area contributed by atoms with Gasteiger partial charge in [0.15, 0.2) is 5.69 Å². The summed E-state index contributed by atoms with van der Waals surface area (Å²) in [6.07, 6.45) is -2.23. The van der Waals surface area contributed by atoms with Crippen LogP contribution in [0.5, 0.6) is 0 Å². The lowest BCUT2D eigenvalue weighted by Crippen LogP contribution is -2.26. The van der Waals surface area contributed by atoms with Gasteiger partial charge in [-0.3, -0.25) is 9.78 Å². The van der Waals surface area contributed by atoms with Gasteiger partial charge in [0.25, 0.3) is 0 Å². The Morgan fingerprint density at radius 1 is 1.15 bits per heavy atom. The SMILES string of the molecule is Cc1cc(-c2cccnc2C(F)(F)F)cc2c3c(N)ncnc3n(CC(=O)OC(C)(C)C)c12. The Labute approximate surface area is 187 Å². The number of fused-ring (bicyclic) bond motifs is 3. The van der Waals surface area contributed by atoms with Crippen LogP contribution in [0, 0.1) is 6.92 Å². The van der Waals surface area contributed by atoms with E-state index in [2.05, 4.69) is 15.0 Å². The van der Waals surface area contributed by atoms with E-state index in [1.807, 2.05) is 0 Å². The van der Waals surface area contributed by atoms with Gasteiger partial charge < -0.3 is 15.0 Å². The maximum Gasteiger partial charge on any atom is 0.433 e. The average molecular weight is 457 g/mol. The summed E-state index contributed by atoms with van der Waals surface area (Å²) in [5.74, 6) is -0.319. The standard InChI is InChI=1S/C23H22F3N5O2/c1-12-8-13(14-6-5-7-28-19(14)23(24,25)26)9-15-17-20(27)29-11-30-21(17)31(18(12)15)10-16(32)33-22(2,3)4/h5-9,11H,10H2,1-4H3,(H2,27,29,30). The molecule has 33 heavy (non-hydrogen) atoms. The number of pyridine rings is 1. The largest absolute Gasteiger partial charge is 0.459 e. The molecule has 0 aliphatic heterocycles. The molecule has 0 spiro atoms. The Morgan fingerprint density at radius 3 is 2.55 bits per heavy atom. The number of carbonyl (C=O) groups excluding carboxylic acids is 1. The van der Waals surface area contributed by atoms with Gasteiger partial charge in [-0.1, -0.05) is 6.07 Å². The minimum atomic E-state index is -4.62. The molecule has 4 rings (SSSR count). The molecule has 10 heteroatoms. The first-order valence-corrected chi connectivity index (χ1v) is 10.1. The zero-order valence-corrected chi connectivity index (χ0v) is 18.5. The van der Waals surface area contributed by atoms with Gasteiger partial charge in [0.2, 0.25) is 0 Å². The van der Waals surface area contributed by atoms with E-state index in [1.165, 1.54) is 18.5 Å². The highest BCUT2D eigenvalue weighted by Crippen LogP contribution is 2.40. The number of rotatable bonds is 3. The molecule has 0 amide bonds. The Bertz CT molecular complexity index is 1390. The van der Waals surface area contributed by atoms with Crippen molar-refractivity contribution in [3.05, 3.63) is 48.0 Å². The van der Waals surface area contributed by atoms with Crippen LogP contribution in [-0.4, -0.2) is 31.1 Å². The van der Waals surface area contributed by atoms with E-state index in [0.29, 0.717) is 33.1 Å². The number of hydrogen-bond acceptors (Lipinski definition) is 6. The first kappa shape index (κ1) is 22.5. The van der Waals surface area contributed by atoms with Crippen molar-refractivity contribution >= 4 is 33.7 Å². The molecule has 2 N–H and O–H groups in total. The molecule has 3 aromatic heterocycles. The molecule has 0 radical (unpaired) electrons. The van der Waals surface area contributed by atoms with Crippen LogP contribution in [0.3, 0.4) is 0 Å². The zero-order valence-electron chi connectivity index (χ0n) is 18.5. The lowest BCUT2D eigenvalue weighted by molar-refractivity contribution is -0.155. The summed E-state index contributed by atoms with van der Waals surface area (Å²) in [6.45, 7) is 6.90. The third-order valence-electron chi connectivity index (χ3n) is 5.05. The number of nitrogens with two attached hydrogens (primary N) is 1. The van der Waals surface area contributed by atoms with Crippen molar-refractivity contribution in [1.29, 1.82) is 0 Å². The highest BCUT2D eigenvalue weighted by atomic mass is 19.4. The van der Waals surface area contributed by atoms with Crippen molar-refractivity contribution < 1.29 is 22.7 Å². The van der Waals surface area contributed by atoms with E-state index in [0.717, 1.165) is 6.20 Å². The zero-order chi connectivity index (χ0) is 24.1. The van der Waals surface area contributed by atoms with Gasteiger partial charge >= 0.3 is 12.1 Å². The average Bonchev–Trinajstić information content (AvgIpc) is 3.01. The number of halogens is 3. The van der Waals surface area contributed by atoms with Crippen LogP contribution >= 0.6 is 0 Å². The predicted octanol–water partition coefficient (Wildman–Crippen LogP) is 4.90. The number of hydrogen-bond donors (Lipinski definition) is 1. The highest BCUT2D eigenvalue weighted by molar-refractivity contribution is 6.13. The molecule has 0 saturated heterocycles. The van der Waals surface area contributed by atoms with Crippen molar-refractivity contribution in [1.82, 2.24) is 19.5 Å². The fourth-order valence-corrected chi connectivity index (χ4v) is 3.96. The Morgan fingerprint density at radius 2 is 1.88 bits per heavy atom. The van der Waals surface area contributed by atoms with Crippen LogP contribution in [0.4, 0.5) is 19.0 Å². The Hall–Kier alpha value is -3.69. The number of esters is 1. The van der Waals surface area contributed by atoms with E-state index in [-0.39, 0.29) is 17.9 Å². The third kappa shape index (κ3) is 4.20. The minimum Gasteiger partial charge on any atom is -0.459 e. The summed E-state index contributed by atoms with van der Waals surface area (Å²) >= 11 is 0. The molecule has 1 aromatic carbocycles. The first-order chi connectivity index (χ1) is 15.4. The minimum absolute atomic E-state index is 0.0570. The lowest BCUT2D eigenvalue weighted by atomic mass is 9.98. The monoisotopic (exact) mass is 457 g/mol. The maximum atomic E-state index is 13.6. The quantitative estimate of drug-likeness (QED) is 0.440. The molecule has 3 heterocycles. The topological polar surface area (TPSA) is 95.9 Å². The van der Waals surface area contributed by atoms with Crippen LogP contribution < -0.4 is 5.73 Å². The molecular weight excluding hydrogens is 435 g/mol. The summed E-state index contributed by atoms with van der Waals surface area (Å²) in [5, 5.41) is 0.997. The van der Waals surface area contributed by atoms with Gasteiger partial charge in [0.05, 0.1) is 10.9 Å². The van der Waals surface area contributed by atoms with E-state index in [4.69, 9.17) is 10.5 Å². The van der Waals surface area contributed by atoms with Crippen LogP contribution in [0.15, 0.2) is 36.8 Å². The normalized spacial score (nSPS) is 12.5. The fourth-order valence-electron chi connectivity index (χ4n) is 3.96. The smallest absolute Gasteiger partial charge is 0.433 e. The molecular formula is C23H22F3N5O2. The molecule has 0 atom stereocenters. The molecule has 4 aromatic rings. The number of alkyl halides is 3. The summed E-state index contributed by atoms with van der Waals surface area (Å²) in [6, 6.07) is 6.05. The summed E-state index contributed by atoms with van der Waals surface area (Å²) < 4.78 is 47.9. The van der Waals surface area contributed by atoms with Gasteiger partial charge in [-0.25, -0.2) is 9.97 Å². The number of ether oxygens (including phenoxy) is 1. The van der Waals surface area contributed by atoms with Crippen LogP contribution in [-0.2, 0) is 22.3 Å². The van der Waals surface area contributed by atoms with Crippen molar-refractivity contribution in [3.8, 4) is 11.1 Å². The van der Waals surface area contributed by atoms with Gasteiger partial charge in [-0.05, 0) is 57.0 Å². The van der Waals surface area contributed by atoms with E-state index < -0.39 is 23.4 Å². The Balaban J connectivity index is 1.98. The molecule has 0 unspecified atom stereocenters. The molecule has 7 nitrogen and oxygen atoms in total. The number of nitrogens with zero attached hydrogens (tertiary/aromatic N) is 4.